The average Bonchev–Trinajstić information content (AvgIpc) is 2.72. The van der Waals surface area contributed by atoms with E-state index in [-0.39, 0.29) is 0 Å². The van der Waals surface area contributed by atoms with E-state index in [9.17, 15) is 0 Å². The molecule has 0 radical (unpaired) electrons. The fourth-order valence-electron chi connectivity index (χ4n) is 2.83. The van der Waals surface area contributed by atoms with E-state index >= 15 is 0 Å². The molecule has 1 aliphatic heterocycles. The zero-order valence-electron chi connectivity index (χ0n) is 14.4. The van der Waals surface area contributed by atoms with E-state index < -0.39 is 0 Å². The van der Waals surface area contributed by atoms with Gasteiger partial charge in [-0.2, -0.15) is 5.10 Å². The van der Waals surface area contributed by atoms with Crippen molar-refractivity contribution in [2.45, 2.75) is 6.54 Å². The standard InChI is InChI=1S/C22H20N2O2/c1-3-7-18(8-4-1)17-24(20-9-5-2-6-10-20)23-16-19-11-12-21-22(15-19)26-14-13-25-21/h1-12,15-16H,13-14,17H2/b23-16+. The fourth-order valence-corrected chi connectivity index (χ4v) is 2.83. The van der Waals surface area contributed by atoms with E-state index in [1.807, 2.05) is 65.8 Å². The molecule has 0 saturated carbocycles. The lowest BCUT2D eigenvalue weighted by Crippen LogP contribution is -2.16. The van der Waals surface area contributed by atoms with Crippen LogP contribution in [0.15, 0.2) is 84.0 Å². The fraction of sp³-hybridized carbons (Fsp3) is 0.136. The summed E-state index contributed by atoms with van der Waals surface area (Å²) in [6.07, 6.45) is 1.86. The summed E-state index contributed by atoms with van der Waals surface area (Å²) < 4.78 is 11.2. The molecule has 1 heterocycles. The van der Waals surface area contributed by atoms with Gasteiger partial charge in [-0.25, -0.2) is 0 Å². The number of benzene rings is 3. The second kappa shape index (κ2) is 7.74. The van der Waals surface area contributed by atoms with Crippen LogP contribution < -0.4 is 14.5 Å². The molecule has 0 saturated heterocycles. The van der Waals surface area contributed by atoms with Crippen molar-refractivity contribution < 1.29 is 9.47 Å². The number of para-hydroxylation sites is 1. The van der Waals surface area contributed by atoms with Gasteiger partial charge in [0.15, 0.2) is 11.5 Å². The van der Waals surface area contributed by atoms with Crippen molar-refractivity contribution in [1.82, 2.24) is 0 Å². The Morgan fingerprint density at radius 1 is 0.808 bits per heavy atom. The van der Waals surface area contributed by atoms with Crippen LogP contribution >= 0.6 is 0 Å². The number of anilines is 1. The molecule has 0 aromatic heterocycles. The van der Waals surface area contributed by atoms with Crippen LogP contribution in [0.4, 0.5) is 5.69 Å². The Kier molecular flexibility index (Phi) is 4.83. The third kappa shape index (κ3) is 3.86. The first-order valence-electron chi connectivity index (χ1n) is 8.69. The van der Waals surface area contributed by atoms with Crippen LogP contribution in [0.2, 0.25) is 0 Å². The minimum Gasteiger partial charge on any atom is -0.486 e. The zero-order valence-corrected chi connectivity index (χ0v) is 14.4. The Labute approximate surface area is 153 Å². The van der Waals surface area contributed by atoms with Crippen molar-refractivity contribution in [1.29, 1.82) is 0 Å². The second-order valence-electron chi connectivity index (χ2n) is 6.03. The summed E-state index contributed by atoms with van der Waals surface area (Å²) >= 11 is 0. The summed E-state index contributed by atoms with van der Waals surface area (Å²) in [5.41, 5.74) is 3.23. The van der Waals surface area contributed by atoms with Crippen LogP contribution in [0.1, 0.15) is 11.1 Å². The Hall–Kier alpha value is -3.27. The average molecular weight is 344 g/mol. The minimum absolute atomic E-state index is 0.581. The summed E-state index contributed by atoms with van der Waals surface area (Å²) in [7, 11) is 0. The highest BCUT2D eigenvalue weighted by molar-refractivity contribution is 5.81. The third-order valence-corrected chi connectivity index (χ3v) is 4.14. The largest absolute Gasteiger partial charge is 0.486 e. The summed E-state index contributed by atoms with van der Waals surface area (Å²) in [4.78, 5) is 0. The monoisotopic (exact) mass is 344 g/mol. The number of fused-ring (bicyclic) bond motifs is 1. The third-order valence-electron chi connectivity index (χ3n) is 4.14. The molecule has 0 amide bonds. The highest BCUT2D eigenvalue weighted by Gasteiger charge is 2.11. The maximum atomic E-state index is 5.65. The predicted octanol–water partition coefficient (Wildman–Crippen LogP) is 4.50. The van der Waals surface area contributed by atoms with Crippen LogP contribution in [0, 0.1) is 0 Å². The van der Waals surface area contributed by atoms with Crippen molar-refractivity contribution in [3.63, 3.8) is 0 Å². The van der Waals surface area contributed by atoms with Crippen LogP contribution in [-0.2, 0) is 6.54 Å². The summed E-state index contributed by atoms with van der Waals surface area (Å²) in [6.45, 7) is 1.88. The Balaban J connectivity index is 1.59. The lowest BCUT2D eigenvalue weighted by Gasteiger charge is -2.20. The molecule has 0 atom stereocenters. The SMILES string of the molecule is C(=N\N(Cc1ccccc1)c1ccccc1)/c1ccc2c(c1)OCCO2. The molecule has 26 heavy (non-hydrogen) atoms. The Morgan fingerprint density at radius 2 is 1.50 bits per heavy atom. The second-order valence-corrected chi connectivity index (χ2v) is 6.03. The molecule has 4 rings (SSSR count). The number of ether oxygens (including phenoxy) is 2. The van der Waals surface area contributed by atoms with E-state index in [1.54, 1.807) is 0 Å². The van der Waals surface area contributed by atoms with Gasteiger partial charge in [0.05, 0.1) is 18.4 Å². The van der Waals surface area contributed by atoms with Gasteiger partial charge in [0.2, 0.25) is 0 Å². The molecule has 0 N–H and O–H groups in total. The van der Waals surface area contributed by atoms with E-state index in [0.29, 0.717) is 19.8 Å². The highest BCUT2D eigenvalue weighted by atomic mass is 16.6. The van der Waals surface area contributed by atoms with Gasteiger partial charge in [-0.1, -0.05) is 48.5 Å². The summed E-state index contributed by atoms with van der Waals surface area (Å²) in [5.74, 6) is 1.56. The molecular weight excluding hydrogens is 324 g/mol. The number of hydrazone groups is 1. The molecule has 4 heteroatoms. The Morgan fingerprint density at radius 3 is 2.27 bits per heavy atom. The zero-order chi connectivity index (χ0) is 17.6. The normalized spacial score (nSPS) is 12.9. The van der Waals surface area contributed by atoms with Gasteiger partial charge >= 0.3 is 0 Å². The van der Waals surface area contributed by atoms with Gasteiger partial charge in [-0.05, 0) is 41.5 Å². The summed E-state index contributed by atoms with van der Waals surface area (Å²) in [5, 5.41) is 6.71. The molecule has 3 aromatic carbocycles. The van der Waals surface area contributed by atoms with Crippen molar-refractivity contribution in [2.75, 3.05) is 18.2 Å². The summed E-state index contributed by atoms with van der Waals surface area (Å²) in [6, 6.07) is 26.4. The van der Waals surface area contributed by atoms with Gasteiger partial charge in [-0.3, -0.25) is 5.01 Å². The Bertz CT molecular complexity index is 879. The van der Waals surface area contributed by atoms with Crippen LogP contribution in [0.25, 0.3) is 0 Å². The predicted molar refractivity (Wildman–Crippen MR) is 104 cm³/mol. The number of hydrogen-bond acceptors (Lipinski definition) is 4. The van der Waals surface area contributed by atoms with E-state index in [1.165, 1.54) is 5.56 Å². The van der Waals surface area contributed by atoms with E-state index in [4.69, 9.17) is 14.6 Å². The lowest BCUT2D eigenvalue weighted by atomic mass is 10.2. The van der Waals surface area contributed by atoms with E-state index in [2.05, 4.69) is 24.3 Å². The maximum Gasteiger partial charge on any atom is 0.162 e. The van der Waals surface area contributed by atoms with Gasteiger partial charge in [0.25, 0.3) is 0 Å². The molecule has 3 aromatic rings. The van der Waals surface area contributed by atoms with Gasteiger partial charge in [0.1, 0.15) is 13.2 Å². The van der Waals surface area contributed by atoms with Gasteiger partial charge < -0.3 is 9.47 Å². The lowest BCUT2D eigenvalue weighted by molar-refractivity contribution is 0.171. The van der Waals surface area contributed by atoms with Crippen molar-refractivity contribution in [3.8, 4) is 11.5 Å². The van der Waals surface area contributed by atoms with Crippen molar-refractivity contribution in [2.24, 2.45) is 5.10 Å². The number of nitrogens with zero attached hydrogens (tertiary/aromatic N) is 2. The van der Waals surface area contributed by atoms with Crippen LogP contribution in [0.5, 0.6) is 11.5 Å². The molecule has 0 aliphatic carbocycles. The highest BCUT2D eigenvalue weighted by Crippen LogP contribution is 2.30. The molecule has 0 spiro atoms. The van der Waals surface area contributed by atoms with E-state index in [0.717, 1.165) is 22.7 Å². The quantitative estimate of drug-likeness (QED) is 0.505. The van der Waals surface area contributed by atoms with Crippen LogP contribution in [0.3, 0.4) is 0 Å². The first-order chi connectivity index (χ1) is 12.9. The minimum atomic E-state index is 0.581. The van der Waals surface area contributed by atoms with Crippen molar-refractivity contribution >= 4 is 11.9 Å². The first-order valence-corrected chi connectivity index (χ1v) is 8.69. The molecule has 0 bridgehead atoms. The topological polar surface area (TPSA) is 34.1 Å². The van der Waals surface area contributed by atoms with Crippen molar-refractivity contribution in [3.05, 3.63) is 90.0 Å². The maximum absolute atomic E-state index is 5.65. The van der Waals surface area contributed by atoms with Crippen LogP contribution in [-0.4, -0.2) is 19.4 Å². The number of rotatable bonds is 5. The molecule has 1 aliphatic rings. The molecule has 0 unspecified atom stereocenters. The molecular formula is C22H20N2O2. The molecule has 0 fully saturated rings. The molecule has 4 nitrogen and oxygen atoms in total. The van der Waals surface area contributed by atoms with Gasteiger partial charge in [-0.15, -0.1) is 0 Å². The smallest absolute Gasteiger partial charge is 0.162 e. The van der Waals surface area contributed by atoms with Gasteiger partial charge in [0, 0.05) is 0 Å². The number of hydrogen-bond donors (Lipinski definition) is 0. The first kappa shape index (κ1) is 16.2. The molecule has 130 valence electrons.